The van der Waals surface area contributed by atoms with Crippen molar-refractivity contribution in [3.8, 4) is 0 Å². The van der Waals surface area contributed by atoms with Gasteiger partial charge in [0.15, 0.2) is 0 Å². The molecule has 2 N–H and O–H groups in total. The third-order valence-corrected chi connectivity index (χ3v) is 3.44. The second-order valence-corrected chi connectivity index (χ2v) is 5.24. The Balaban J connectivity index is 1.72. The van der Waals surface area contributed by atoms with Gasteiger partial charge in [-0.3, -0.25) is 0 Å². The molecule has 6 nitrogen and oxygen atoms in total. The molecule has 0 atom stereocenters. The van der Waals surface area contributed by atoms with E-state index in [2.05, 4.69) is 32.3 Å². The number of aromatic nitrogens is 2. The Morgan fingerprint density at radius 1 is 1.22 bits per heavy atom. The highest BCUT2D eigenvalue weighted by Crippen LogP contribution is 2.05. The van der Waals surface area contributed by atoms with E-state index in [9.17, 15) is 4.79 Å². The van der Waals surface area contributed by atoms with Gasteiger partial charge in [-0.1, -0.05) is 30.3 Å². The molecule has 0 saturated carbocycles. The molecule has 2 amide bonds. The molecule has 2 aromatic rings. The molecule has 1 aromatic carbocycles. The largest absolute Gasteiger partial charge is 0.385 e. The molecule has 0 aliphatic heterocycles. The fourth-order valence-electron chi connectivity index (χ4n) is 2.26. The Hall–Kier alpha value is -2.34. The standard InChI is InChI=1S/C17H24N4O2/c1-23-13-5-9-19-17(22)20-10-8-16-18-11-12-21(16)14-15-6-3-2-4-7-15/h2-4,6-7,11-12H,5,8-10,13-14H2,1H3,(H2,19,20,22). The van der Waals surface area contributed by atoms with Gasteiger partial charge in [-0.2, -0.15) is 0 Å². The number of imidazole rings is 1. The average molecular weight is 316 g/mol. The van der Waals surface area contributed by atoms with Crippen LogP contribution in [0.3, 0.4) is 0 Å². The molecule has 0 aliphatic rings. The predicted molar refractivity (Wildman–Crippen MR) is 89.4 cm³/mol. The van der Waals surface area contributed by atoms with Crippen molar-refractivity contribution in [2.24, 2.45) is 0 Å². The summed E-state index contributed by atoms with van der Waals surface area (Å²) >= 11 is 0. The fraction of sp³-hybridized carbons (Fsp3) is 0.412. The van der Waals surface area contributed by atoms with Crippen molar-refractivity contribution >= 4 is 6.03 Å². The SMILES string of the molecule is COCCCNC(=O)NCCc1nccn1Cc1ccccc1. The minimum atomic E-state index is -0.151. The molecule has 0 unspecified atom stereocenters. The van der Waals surface area contributed by atoms with Crippen LogP contribution in [0.4, 0.5) is 4.79 Å². The van der Waals surface area contributed by atoms with Crippen LogP contribution in [-0.4, -0.2) is 42.4 Å². The summed E-state index contributed by atoms with van der Waals surface area (Å²) in [6.07, 6.45) is 5.27. The highest BCUT2D eigenvalue weighted by atomic mass is 16.5. The first-order valence-electron chi connectivity index (χ1n) is 7.84. The van der Waals surface area contributed by atoms with E-state index >= 15 is 0 Å². The summed E-state index contributed by atoms with van der Waals surface area (Å²) in [7, 11) is 1.65. The fourth-order valence-corrected chi connectivity index (χ4v) is 2.26. The van der Waals surface area contributed by atoms with Crippen LogP contribution in [0, 0.1) is 0 Å². The summed E-state index contributed by atoms with van der Waals surface area (Å²) in [6, 6.07) is 10.1. The van der Waals surface area contributed by atoms with Crippen molar-refractivity contribution in [2.45, 2.75) is 19.4 Å². The molecule has 0 saturated heterocycles. The number of carbonyl (C=O) groups is 1. The van der Waals surface area contributed by atoms with Crippen molar-refractivity contribution in [1.29, 1.82) is 0 Å². The smallest absolute Gasteiger partial charge is 0.314 e. The van der Waals surface area contributed by atoms with E-state index in [0.29, 0.717) is 26.1 Å². The van der Waals surface area contributed by atoms with Gasteiger partial charge in [0, 0.05) is 52.2 Å². The van der Waals surface area contributed by atoms with Crippen LogP contribution in [0.15, 0.2) is 42.7 Å². The zero-order chi connectivity index (χ0) is 16.3. The molecular formula is C17H24N4O2. The number of ether oxygens (including phenoxy) is 1. The first-order chi connectivity index (χ1) is 11.3. The number of urea groups is 1. The third kappa shape index (κ3) is 6.12. The lowest BCUT2D eigenvalue weighted by Crippen LogP contribution is -2.37. The van der Waals surface area contributed by atoms with Gasteiger partial charge < -0.3 is 19.9 Å². The summed E-state index contributed by atoms with van der Waals surface area (Å²) < 4.78 is 7.04. The van der Waals surface area contributed by atoms with Gasteiger partial charge in [-0.25, -0.2) is 9.78 Å². The number of amides is 2. The van der Waals surface area contributed by atoms with Crippen molar-refractivity contribution in [1.82, 2.24) is 20.2 Å². The number of nitrogens with one attached hydrogen (secondary N) is 2. The number of hydrogen-bond donors (Lipinski definition) is 2. The van der Waals surface area contributed by atoms with Gasteiger partial charge in [-0.15, -0.1) is 0 Å². The quantitative estimate of drug-likeness (QED) is 0.693. The van der Waals surface area contributed by atoms with Gasteiger partial charge in [-0.05, 0) is 12.0 Å². The van der Waals surface area contributed by atoms with Crippen LogP contribution >= 0.6 is 0 Å². The van der Waals surface area contributed by atoms with Crippen LogP contribution in [0.5, 0.6) is 0 Å². The van der Waals surface area contributed by atoms with Crippen LogP contribution in [-0.2, 0) is 17.7 Å². The number of benzene rings is 1. The molecule has 1 heterocycles. The van der Waals surface area contributed by atoms with E-state index in [0.717, 1.165) is 18.8 Å². The van der Waals surface area contributed by atoms with Crippen LogP contribution in [0.1, 0.15) is 17.8 Å². The summed E-state index contributed by atoms with van der Waals surface area (Å²) in [5.41, 5.74) is 1.23. The highest BCUT2D eigenvalue weighted by molar-refractivity contribution is 5.73. The van der Waals surface area contributed by atoms with Gasteiger partial charge in [0.2, 0.25) is 0 Å². The van der Waals surface area contributed by atoms with Crippen molar-refractivity contribution in [3.05, 3.63) is 54.1 Å². The normalized spacial score (nSPS) is 10.5. The first-order valence-corrected chi connectivity index (χ1v) is 7.84. The van der Waals surface area contributed by atoms with E-state index < -0.39 is 0 Å². The molecule has 0 aliphatic carbocycles. The minimum Gasteiger partial charge on any atom is -0.385 e. The molecule has 23 heavy (non-hydrogen) atoms. The molecule has 124 valence electrons. The van der Waals surface area contributed by atoms with E-state index in [4.69, 9.17) is 4.74 Å². The van der Waals surface area contributed by atoms with Crippen LogP contribution in [0.2, 0.25) is 0 Å². The molecule has 6 heteroatoms. The maximum atomic E-state index is 11.6. The monoisotopic (exact) mass is 316 g/mol. The maximum Gasteiger partial charge on any atom is 0.314 e. The molecule has 0 bridgehead atoms. The number of rotatable bonds is 9. The Bertz CT molecular complexity index is 583. The third-order valence-electron chi connectivity index (χ3n) is 3.44. The summed E-state index contributed by atoms with van der Waals surface area (Å²) in [4.78, 5) is 16.0. The topological polar surface area (TPSA) is 68.2 Å². The van der Waals surface area contributed by atoms with Crippen molar-refractivity contribution in [2.75, 3.05) is 26.8 Å². The lowest BCUT2D eigenvalue weighted by Gasteiger charge is -2.09. The lowest BCUT2D eigenvalue weighted by atomic mass is 10.2. The zero-order valence-electron chi connectivity index (χ0n) is 13.5. The highest BCUT2D eigenvalue weighted by Gasteiger charge is 2.05. The number of methoxy groups -OCH3 is 1. The Labute approximate surface area is 136 Å². The van der Waals surface area contributed by atoms with E-state index in [-0.39, 0.29) is 6.03 Å². The summed E-state index contributed by atoms with van der Waals surface area (Å²) in [5, 5.41) is 5.64. The average Bonchev–Trinajstić information content (AvgIpc) is 3.00. The molecule has 0 fully saturated rings. The van der Waals surface area contributed by atoms with Crippen molar-refractivity contribution < 1.29 is 9.53 Å². The second-order valence-electron chi connectivity index (χ2n) is 5.24. The van der Waals surface area contributed by atoms with E-state index in [1.54, 1.807) is 13.3 Å². The Kier molecular flexibility index (Phi) is 7.13. The zero-order valence-corrected chi connectivity index (χ0v) is 13.5. The number of nitrogens with zero attached hydrogens (tertiary/aromatic N) is 2. The molecule has 0 radical (unpaired) electrons. The van der Waals surface area contributed by atoms with Gasteiger partial charge in [0.05, 0.1) is 0 Å². The van der Waals surface area contributed by atoms with Crippen LogP contribution < -0.4 is 10.6 Å². The van der Waals surface area contributed by atoms with Gasteiger partial charge in [0.1, 0.15) is 5.82 Å². The first kappa shape index (κ1) is 17.0. The lowest BCUT2D eigenvalue weighted by molar-refractivity contribution is 0.193. The van der Waals surface area contributed by atoms with Crippen molar-refractivity contribution in [3.63, 3.8) is 0 Å². The minimum absolute atomic E-state index is 0.151. The second kappa shape index (κ2) is 9.63. The predicted octanol–water partition coefficient (Wildman–Crippen LogP) is 1.81. The summed E-state index contributed by atoms with van der Waals surface area (Å²) in [6.45, 7) is 2.61. The Morgan fingerprint density at radius 2 is 2.00 bits per heavy atom. The molecule has 0 spiro atoms. The molecule has 2 rings (SSSR count). The van der Waals surface area contributed by atoms with Crippen LogP contribution in [0.25, 0.3) is 0 Å². The van der Waals surface area contributed by atoms with Gasteiger partial charge >= 0.3 is 6.03 Å². The maximum absolute atomic E-state index is 11.6. The van der Waals surface area contributed by atoms with E-state index in [1.807, 2.05) is 24.4 Å². The molecule has 1 aromatic heterocycles. The molecular weight excluding hydrogens is 292 g/mol. The Morgan fingerprint density at radius 3 is 2.78 bits per heavy atom. The van der Waals surface area contributed by atoms with E-state index in [1.165, 1.54) is 5.56 Å². The number of carbonyl (C=O) groups excluding carboxylic acids is 1. The summed E-state index contributed by atoms with van der Waals surface area (Å²) in [5.74, 6) is 0.966. The van der Waals surface area contributed by atoms with Gasteiger partial charge in [0.25, 0.3) is 0 Å². The number of hydrogen-bond acceptors (Lipinski definition) is 3.